The minimum absolute atomic E-state index is 0.984. The number of aromatic nitrogens is 2. The van der Waals surface area contributed by atoms with E-state index in [0.29, 0.717) is 0 Å². The van der Waals surface area contributed by atoms with Crippen LogP contribution >= 0.6 is 0 Å². The van der Waals surface area contributed by atoms with Crippen LogP contribution in [0.5, 0.6) is 0 Å². The number of imidazole rings is 1. The summed E-state index contributed by atoms with van der Waals surface area (Å²) in [6.45, 7) is 2.10. The largest absolute Gasteiger partial charge is 0.300 e. The Morgan fingerprint density at radius 1 is 1.00 bits per heavy atom. The van der Waals surface area contributed by atoms with E-state index in [4.69, 9.17) is 0 Å². The molecule has 0 aliphatic carbocycles. The lowest BCUT2D eigenvalue weighted by atomic mass is 10.1. The molecule has 0 amide bonds. The van der Waals surface area contributed by atoms with Crippen LogP contribution in [0.2, 0.25) is 0 Å². The van der Waals surface area contributed by atoms with Crippen LogP contribution in [0, 0.1) is 6.92 Å². The van der Waals surface area contributed by atoms with Gasteiger partial charge < -0.3 is 0 Å². The molecule has 2 aromatic heterocycles. The maximum absolute atomic E-state index is 4.38. The second kappa shape index (κ2) is 3.49. The highest BCUT2D eigenvalue weighted by molar-refractivity contribution is 5.63. The molecule has 0 aliphatic rings. The summed E-state index contributed by atoms with van der Waals surface area (Å²) < 4.78 is 2.10. The molecule has 0 spiro atoms. The van der Waals surface area contributed by atoms with Gasteiger partial charge in [0.25, 0.3) is 0 Å². The molecule has 2 heteroatoms. The Morgan fingerprint density at radius 3 is 2.62 bits per heavy atom. The molecule has 78 valence electrons. The van der Waals surface area contributed by atoms with Crippen molar-refractivity contribution in [2.45, 2.75) is 6.92 Å². The van der Waals surface area contributed by atoms with Crippen LogP contribution < -0.4 is 0 Å². The normalized spacial score (nSPS) is 10.8. The lowest BCUT2D eigenvalue weighted by Crippen LogP contribution is -1.86. The Balaban J connectivity index is 2.22. The molecule has 2 nitrogen and oxygen atoms in total. The SMILES string of the molecule is Cc1ccc(-c2cnc3ccccn23)cc1. The van der Waals surface area contributed by atoms with E-state index in [1.807, 2.05) is 30.6 Å². The van der Waals surface area contributed by atoms with E-state index in [1.54, 1.807) is 0 Å². The Bertz CT molecular complexity index is 621. The van der Waals surface area contributed by atoms with Crippen molar-refractivity contribution in [1.29, 1.82) is 0 Å². The minimum atomic E-state index is 0.984. The monoisotopic (exact) mass is 208 g/mol. The summed E-state index contributed by atoms with van der Waals surface area (Å²) >= 11 is 0. The quantitative estimate of drug-likeness (QED) is 0.599. The molecule has 0 atom stereocenters. The number of nitrogens with zero attached hydrogens (tertiary/aromatic N) is 2. The lowest BCUT2D eigenvalue weighted by Gasteiger charge is -2.01. The fourth-order valence-corrected chi connectivity index (χ4v) is 1.87. The van der Waals surface area contributed by atoms with Crippen LogP contribution in [0.4, 0.5) is 0 Å². The van der Waals surface area contributed by atoms with Gasteiger partial charge in [-0.3, -0.25) is 4.40 Å². The van der Waals surface area contributed by atoms with E-state index in [-0.39, 0.29) is 0 Å². The minimum Gasteiger partial charge on any atom is -0.300 e. The van der Waals surface area contributed by atoms with E-state index < -0.39 is 0 Å². The van der Waals surface area contributed by atoms with E-state index >= 15 is 0 Å². The number of rotatable bonds is 1. The summed E-state index contributed by atoms with van der Waals surface area (Å²) in [5.41, 5.74) is 4.59. The highest BCUT2D eigenvalue weighted by Gasteiger charge is 2.03. The second-order valence-corrected chi connectivity index (χ2v) is 3.94. The van der Waals surface area contributed by atoms with Crippen LogP contribution in [0.3, 0.4) is 0 Å². The van der Waals surface area contributed by atoms with Crippen LogP contribution in [-0.2, 0) is 0 Å². The van der Waals surface area contributed by atoms with Crippen molar-refractivity contribution in [3.8, 4) is 11.3 Å². The average molecular weight is 208 g/mol. The first-order valence-electron chi connectivity index (χ1n) is 5.34. The first kappa shape index (κ1) is 9.16. The molecule has 0 saturated heterocycles. The number of hydrogen-bond donors (Lipinski definition) is 0. The van der Waals surface area contributed by atoms with Gasteiger partial charge in [0.1, 0.15) is 5.65 Å². The molecule has 2 heterocycles. The van der Waals surface area contributed by atoms with Crippen molar-refractivity contribution < 1.29 is 0 Å². The van der Waals surface area contributed by atoms with Gasteiger partial charge in [-0.2, -0.15) is 0 Å². The Kier molecular flexibility index (Phi) is 2.00. The third kappa shape index (κ3) is 1.39. The molecular weight excluding hydrogens is 196 g/mol. The first-order chi connectivity index (χ1) is 7.84. The molecule has 0 radical (unpaired) electrons. The van der Waals surface area contributed by atoms with E-state index in [9.17, 15) is 0 Å². The molecule has 3 aromatic rings. The highest BCUT2D eigenvalue weighted by Crippen LogP contribution is 2.20. The number of fused-ring (bicyclic) bond motifs is 1. The third-order valence-electron chi connectivity index (χ3n) is 2.76. The molecule has 3 rings (SSSR count). The van der Waals surface area contributed by atoms with Gasteiger partial charge in [-0.05, 0) is 19.1 Å². The molecule has 0 N–H and O–H groups in total. The predicted molar refractivity (Wildman–Crippen MR) is 65.4 cm³/mol. The number of pyridine rings is 1. The van der Waals surface area contributed by atoms with Crippen molar-refractivity contribution in [1.82, 2.24) is 9.38 Å². The summed E-state index contributed by atoms with van der Waals surface area (Å²) in [5.74, 6) is 0. The Hall–Kier alpha value is -2.09. The Labute approximate surface area is 94.2 Å². The smallest absolute Gasteiger partial charge is 0.137 e. The van der Waals surface area contributed by atoms with Crippen molar-refractivity contribution in [3.63, 3.8) is 0 Å². The number of hydrogen-bond acceptors (Lipinski definition) is 1. The lowest BCUT2D eigenvalue weighted by molar-refractivity contribution is 1.19. The fraction of sp³-hybridized carbons (Fsp3) is 0.0714. The maximum Gasteiger partial charge on any atom is 0.137 e. The van der Waals surface area contributed by atoms with Gasteiger partial charge in [-0.25, -0.2) is 4.98 Å². The van der Waals surface area contributed by atoms with E-state index in [1.165, 1.54) is 11.1 Å². The molecule has 0 saturated carbocycles. The van der Waals surface area contributed by atoms with Gasteiger partial charge in [-0.1, -0.05) is 35.9 Å². The predicted octanol–water partition coefficient (Wildman–Crippen LogP) is 3.31. The average Bonchev–Trinajstić information content (AvgIpc) is 2.74. The van der Waals surface area contributed by atoms with Crippen molar-refractivity contribution >= 4 is 5.65 Å². The summed E-state index contributed by atoms with van der Waals surface area (Å²) in [6.07, 6.45) is 3.96. The zero-order valence-corrected chi connectivity index (χ0v) is 9.09. The van der Waals surface area contributed by atoms with Gasteiger partial charge in [-0.15, -0.1) is 0 Å². The second-order valence-electron chi connectivity index (χ2n) is 3.94. The Morgan fingerprint density at radius 2 is 1.81 bits per heavy atom. The summed E-state index contributed by atoms with van der Waals surface area (Å²) in [5, 5.41) is 0. The zero-order chi connectivity index (χ0) is 11.0. The zero-order valence-electron chi connectivity index (χ0n) is 9.09. The molecular formula is C14H12N2. The van der Waals surface area contributed by atoms with E-state index in [2.05, 4.69) is 40.6 Å². The van der Waals surface area contributed by atoms with Crippen molar-refractivity contribution in [2.24, 2.45) is 0 Å². The van der Waals surface area contributed by atoms with Crippen LogP contribution in [0.1, 0.15) is 5.56 Å². The molecule has 0 aliphatic heterocycles. The van der Waals surface area contributed by atoms with Crippen LogP contribution in [0.15, 0.2) is 54.9 Å². The van der Waals surface area contributed by atoms with Gasteiger partial charge >= 0.3 is 0 Å². The molecule has 0 unspecified atom stereocenters. The van der Waals surface area contributed by atoms with Gasteiger partial charge in [0, 0.05) is 11.8 Å². The van der Waals surface area contributed by atoms with Gasteiger partial charge in [0.05, 0.1) is 11.9 Å². The molecule has 1 aromatic carbocycles. The summed E-state index contributed by atoms with van der Waals surface area (Å²) in [4.78, 5) is 4.38. The summed E-state index contributed by atoms with van der Waals surface area (Å²) in [6, 6.07) is 14.5. The topological polar surface area (TPSA) is 17.3 Å². The highest BCUT2D eigenvalue weighted by atomic mass is 15.0. The van der Waals surface area contributed by atoms with Crippen LogP contribution in [-0.4, -0.2) is 9.38 Å². The van der Waals surface area contributed by atoms with Crippen molar-refractivity contribution in [2.75, 3.05) is 0 Å². The molecule has 16 heavy (non-hydrogen) atoms. The number of aryl methyl sites for hydroxylation is 1. The fourth-order valence-electron chi connectivity index (χ4n) is 1.87. The van der Waals surface area contributed by atoms with Gasteiger partial charge in [0.2, 0.25) is 0 Å². The number of benzene rings is 1. The third-order valence-corrected chi connectivity index (χ3v) is 2.76. The van der Waals surface area contributed by atoms with Gasteiger partial charge in [0.15, 0.2) is 0 Å². The van der Waals surface area contributed by atoms with E-state index in [0.717, 1.165) is 11.3 Å². The van der Waals surface area contributed by atoms with Crippen molar-refractivity contribution in [3.05, 3.63) is 60.4 Å². The molecule has 0 bridgehead atoms. The first-order valence-corrected chi connectivity index (χ1v) is 5.34. The molecule has 0 fully saturated rings. The summed E-state index contributed by atoms with van der Waals surface area (Å²) in [7, 11) is 0. The maximum atomic E-state index is 4.38. The standard InChI is InChI=1S/C14H12N2/c1-11-5-7-12(8-6-11)13-10-15-14-4-2-3-9-16(13)14/h2-10H,1H3. The van der Waals surface area contributed by atoms with Crippen LogP contribution in [0.25, 0.3) is 16.9 Å².